The summed E-state index contributed by atoms with van der Waals surface area (Å²) in [6, 6.07) is 0.200. The van der Waals surface area contributed by atoms with Crippen molar-refractivity contribution in [3.05, 3.63) is 6.20 Å². The predicted molar refractivity (Wildman–Crippen MR) is 68.5 cm³/mol. The molecule has 1 unspecified atom stereocenters. The number of nitrogen functional groups attached to an aromatic ring is 1. The van der Waals surface area contributed by atoms with Gasteiger partial charge in [0.05, 0.1) is 0 Å². The lowest BCUT2D eigenvalue weighted by Crippen LogP contribution is -2.51. The summed E-state index contributed by atoms with van der Waals surface area (Å²) in [4.78, 5) is 2.24. The van der Waals surface area contributed by atoms with Crippen LogP contribution in [0.1, 0.15) is 6.92 Å². The molecule has 0 saturated carbocycles. The number of likely N-dealkylation sites (N-methyl/N-ethyl adjacent to an activating group) is 1. The number of piperazine rings is 1. The molecule has 0 aliphatic carbocycles. The molecule has 2 heterocycles. The third-order valence-electron chi connectivity index (χ3n) is 3.36. The Morgan fingerprint density at radius 1 is 1.39 bits per heavy atom. The Hall–Kier alpha value is -1.12. The fourth-order valence-electron chi connectivity index (χ4n) is 2.06. The van der Waals surface area contributed by atoms with Crippen molar-refractivity contribution in [1.29, 1.82) is 0 Å². The van der Waals surface area contributed by atoms with Crippen LogP contribution < -0.4 is 5.73 Å². The normalized spacial score (nSPS) is 23.4. The minimum absolute atomic E-state index is 0.0593. The van der Waals surface area contributed by atoms with E-state index in [1.807, 2.05) is 14.0 Å². The molecule has 0 radical (unpaired) electrons. The van der Waals surface area contributed by atoms with Crippen molar-refractivity contribution in [2.24, 2.45) is 7.05 Å². The molecule has 0 spiro atoms. The highest BCUT2D eigenvalue weighted by Gasteiger charge is 2.33. The van der Waals surface area contributed by atoms with Crippen molar-refractivity contribution in [2.75, 3.05) is 32.4 Å². The van der Waals surface area contributed by atoms with Gasteiger partial charge in [-0.05, 0) is 14.0 Å². The molecule has 7 nitrogen and oxygen atoms in total. The van der Waals surface area contributed by atoms with Gasteiger partial charge in [-0.15, -0.1) is 0 Å². The van der Waals surface area contributed by atoms with Gasteiger partial charge >= 0.3 is 0 Å². The Kier molecular flexibility index (Phi) is 3.35. The van der Waals surface area contributed by atoms with E-state index in [1.54, 1.807) is 7.05 Å². The van der Waals surface area contributed by atoms with Crippen molar-refractivity contribution in [3.63, 3.8) is 0 Å². The maximum absolute atomic E-state index is 12.4. The SMILES string of the molecule is CC1CN(S(=O)(=O)c2cn(C)nc2N)CCN1C. The van der Waals surface area contributed by atoms with Crippen LogP contribution in [0.25, 0.3) is 0 Å². The Balaban J connectivity index is 2.29. The monoisotopic (exact) mass is 273 g/mol. The summed E-state index contributed by atoms with van der Waals surface area (Å²) in [7, 11) is 0.118. The molecule has 1 atom stereocenters. The number of aromatic nitrogens is 2. The van der Waals surface area contributed by atoms with Gasteiger partial charge in [0.1, 0.15) is 4.90 Å². The summed E-state index contributed by atoms with van der Waals surface area (Å²) in [5, 5.41) is 3.88. The van der Waals surface area contributed by atoms with E-state index in [0.717, 1.165) is 6.54 Å². The van der Waals surface area contributed by atoms with Gasteiger partial charge in [0, 0.05) is 38.9 Å². The number of hydrogen-bond donors (Lipinski definition) is 1. The van der Waals surface area contributed by atoms with Gasteiger partial charge in [-0.2, -0.15) is 9.40 Å². The highest BCUT2D eigenvalue weighted by Crippen LogP contribution is 2.22. The Morgan fingerprint density at radius 2 is 2.06 bits per heavy atom. The molecular weight excluding hydrogens is 254 g/mol. The van der Waals surface area contributed by atoms with Crippen LogP contribution in [0.3, 0.4) is 0 Å². The van der Waals surface area contributed by atoms with E-state index in [1.165, 1.54) is 15.2 Å². The second kappa shape index (κ2) is 4.52. The summed E-state index contributed by atoms with van der Waals surface area (Å²) in [6.07, 6.45) is 1.45. The minimum Gasteiger partial charge on any atom is -0.381 e. The third kappa shape index (κ3) is 2.23. The van der Waals surface area contributed by atoms with Crippen LogP contribution in [0.15, 0.2) is 11.1 Å². The van der Waals surface area contributed by atoms with Crippen LogP contribution in [0, 0.1) is 0 Å². The number of anilines is 1. The van der Waals surface area contributed by atoms with Gasteiger partial charge in [-0.25, -0.2) is 8.42 Å². The fourth-order valence-corrected chi connectivity index (χ4v) is 3.66. The predicted octanol–water partition coefficient (Wildman–Crippen LogP) is -0.673. The number of nitrogens with two attached hydrogens (primary N) is 1. The van der Waals surface area contributed by atoms with Crippen LogP contribution >= 0.6 is 0 Å². The summed E-state index contributed by atoms with van der Waals surface area (Å²) in [5.41, 5.74) is 5.65. The molecule has 0 aromatic carbocycles. The van der Waals surface area contributed by atoms with Gasteiger partial charge in [-0.3, -0.25) is 4.68 Å². The zero-order valence-corrected chi connectivity index (χ0v) is 11.7. The zero-order valence-electron chi connectivity index (χ0n) is 10.9. The first-order valence-corrected chi connectivity index (χ1v) is 7.26. The number of aryl methyl sites for hydroxylation is 1. The molecule has 1 aromatic heterocycles. The van der Waals surface area contributed by atoms with E-state index in [2.05, 4.69) is 10.00 Å². The highest BCUT2D eigenvalue weighted by molar-refractivity contribution is 7.89. The summed E-state index contributed by atoms with van der Waals surface area (Å²) < 4.78 is 27.8. The van der Waals surface area contributed by atoms with Gasteiger partial charge in [0.15, 0.2) is 5.82 Å². The summed E-state index contributed by atoms with van der Waals surface area (Å²) in [5.74, 6) is 0.0593. The topological polar surface area (TPSA) is 84.5 Å². The first-order chi connectivity index (χ1) is 8.32. The molecule has 18 heavy (non-hydrogen) atoms. The van der Waals surface area contributed by atoms with Crippen LogP contribution in [-0.4, -0.2) is 60.1 Å². The first-order valence-electron chi connectivity index (χ1n) is 5.82. The average Bonchev–Trinajstić information content (AvgIpc) is 2.62. The molecular formula is C10H19N5O2S. The van der Waals surface area contributed by atoms with Crippen LogP contribution in [0.2, 0.25) is 0 Å². The molecule has 0 amide bonds. The van der Waals surface area contributed by atoms with Gasteiger partial charge < -0.3 is 10.6 Å². The number of nitrogens with zero attached hydrogens (tertiary/aromatic N) is 4. The maximum atomic E-state index is 12.4. The first kappa shape index (κ1) is 13.3. The third-order valence-corrected chi connectivity index (χ3v) is 5.24. The lowest BCUT2D eigenvalue weighted by molar-refractivity contribution is 0.159. The van der Waals surface area contributed by atoms with E-state index in [0.29, 0.717) is 13.1 Å². The summed E-state index contributed by atoms with van der Waals surface area (Å²) in [6.45, 7) is 3.69. The molecule has 1 aliphatic heterocycles. The Labute approximate surface area is 107 Å². The number of sulfonamides is 1. The molecule has 102 valence electrons. The van der Waals surface area contributed by atoms with Crippen molar-refractivity contribution < 1.29 is 8.42 Å². The number of rotatable bonds is 2. The summed E-state index contributed by atoms with van der Waals surface area (Å²) >= 11 is 0. The lowest BCUT2D eigenvalue weighted by atomic mass is 10.2. The van der Waals surface area contributed by atoms with Crippen LogP contribution in [-0.2, 0) is 17.1 Å². The maximum Gasteiger partial charge on any atom is 0.248 e. The second-order valence-electron chi connectivity index (χ2n) is 4.74. The van der Waals surface area contributed by atoms with E-state index >= 15 is 0 Å². The lowest BCUT2D eigenvalue weighted by Gasteiger charge is -2.36. The van der Waals surface area contributed by atoms with E-state index in [9.17, 15) is 8.42 Å². The van der Waals surface area contributed by atoms with Gasteiger partial charge in [-0.1, -0.05) is 0 Å². The van der Waals surface area contributed by atoms with Gasteiger partial charge in [0.25, 0.3) is 0 Å². The average molecular weight is 273 g/mol. The Morgan fingerprint density at radius 3 is 2.56 bits per heavy atom. The van der Waals surface area contributed by atoms with Crippen LogP contribution in [0.4, 0.5) is 5.82 Å². The van der Waals surface area contributed by atoms with E-state index in [4.69, 9.17) is 5.73 Å². The van der Waals surface area contributed by atoms with Gasteiger partial charge in [0.2, 0.25) is 10.0 Å². The van der Waals surface area contributed by atoms with E-state index in [-0.39, 0.29) is 16.8 Å². The van der Waals surface area contributed by atoms with Crippen molar-refractivity contribution in [1.82, 2.24) is 19.0 Å². The molecule has 0 bridgehead atoms. The standard InChI is InChI=1S/C10H19N5O2S/c1-8-6-15(5-4-13(8)2)18(16,17)9-7-14(3)12-10(9)11/h7-8H,4-6H2,1-3H3,(H2,11,12). The van der Waals surface area contributed by atoms with Crippen LogP contribution in [0.5, 0.6) is 0 Å². The largest absolute Gasteiger partial charge is 0.381 e. The van der Waals surface area contributed by atoms with Crippen molar-refractivity contribution >= 4 is 15.8 Å². The highest BCUT2D eigenvalue weighted by atomic mass is 32.2. The fraction of sp³-hybridized carbons (Fsp3) is 0.700. The quantitative estimate of drug-likeness (QED) is 0.772. The second-order valence-corrected chi connectivity index (χ2v) is 6.65. The molecule has 2 N–H and O–H groups in total. The smallest absolute Gasteiger partial charge is 0.248 e. The molecule has 1 fully saturated rings. The zero-order chi connectivity index (χ0) is 13.5. The van der Waals surface area contributed by atoms with E-state index < -0.39 is 10.0 Å². The van der Waals surface area contributed by atoms with Crippen molar-refractivity contribution in [2.45, 2.75) is 17.9 Å². The molecule has 1 aromatic rings. The molecule has 1 saturated heterocycles. The minimum atomic E-state index is -3.53. The molecule has 2 rings (SSSR count). The molecule has 8 heteroatoms. The molecule has 1 aliphatic rings. The Bertz CT molecular complexity index is 538. The number of hydrogen-bond acceptors (Lipinski definition) is 5. The van der Waals surface area contributed by atoms with Crippen molar-refractivity contribution in [3.8, 4) is 0 Å².